The highest BCUT2D eigenvalue weighted by molar-refractivity contribution is 9.10. The van der Waals surface area contributed by atoms with Crippen molar-refractivity contribution in [3.8, 4) is 0 Å². The van der Waals surface area contributed by atoms with Crippen LogP contribution in [-0.2, 0) is 11.0 Å². The van der Waals surface area contributed by atoms with Gasteiger partial charge in [0.2, 0.25) is 0 Å². The van der Waals surface area contributed by atoms with Gasteiger partial charge < -0.3 is 14.8 Å². The van der Waals surface area contributed by atoms with E-state index in [1.807, 2.05) is 6.92 Å². The van der Waals surface area contributed by atoms with Crippen LogP contribution in [0.1, 0.15) is 25.6 Å². The number of nitrogens with one attached hydrogen (secondary N) is 1. The van der Waals surface area contributed by atoms with Crippen LogP contribution < -0.4 is 5.44 Å². The number of nitrogens with zero attached hydrogens (tertiary/aromatic N) is 1. The van der Waals surface area contributed by atoms with Gasteiger partial charge in [-0.25, -0.2) is 4.98 Å². The van der Waals surface area contributed by atoms with Gasteiger partial charge in [-0.3, -0.25) is 4.57 Å². The lowest BCUT2D eigenvalue weighted by Gasteiger charge is -1.99. The zero-order chi connectivity index (χ0) is 10.8. The van der Waals surface area contributed by atoms with E-state index in [-0.39, 0.29) is 10.0 Å². The average molecular weight is 283 g/mol. The summed E-state index contributed by atoms with van der Waals surface area (Å²) in [5, 5.41) is 0. The third-order valence-corrected chi connectivity index (χ3v) is 3.54. The quantitative estimate of drug-likeness (QED) is 0.727. The second-order valence-corrected chi connectivity index (χ2v) is 5.26. The number of unbranched alkanes of at least 4 members (excludes halogenated alkanes) is 1. The molecule has 0 fully saturated rings. The van der Waals surface area contributed by atoms with Crippen LogP contribution in [0, 0.1) is 0 Å². The van der Waals surface area contributed by atoms with Gasteiger partial charge in [0.05, 0.1) is 0 Å². The highest BCUT2D eigenvalue weighted by Gasteiger charge is 2.24. The van der Waals surface area contributed by atoms with Gasteiger partial charge >= 0.3 is 7.60 Å². The van der Waals surface area contributed by atoms with E-state index in [0.717, 1.165) is 12.8 Å². The Bertz CT molecular complexity index is 360. The lowest BCUT2D eigenvalue weighted by molar-refractivity contribution is 0.386. The Morgan fingerprint density at radius 3 is 2.64 bits per heavy atom. The average Bonchev–Trinajstić information content (AvgIpc) is 2.42. The molecule has 5 nitrogen and oxygen atoms in total. The van der Waals surface area contributed by atoms with Crippen LogP contribution in [0.4, 0.5) is 0 Å². The molecular formula is C7H12BrN2O3P. The first-order chi connectivity index (χ1) is 6.45. The number of halogens is 1. The van der Waals surface area contributed by atoms with Crippen LogP contribution in [0.25, 0.3) is 0 Å². The predicted molar refractivity (Wildman–Crippen MR) is 56.6 cm³/mol. The molecule has 14 heavy (non-hydrogen) atoms. The van der Waals surface area contributed by atoms with Gasteiger partial charge in [-0.05, 0) is 22.4 Å². The minimum absolute atomic E-state index is 0.136. The molecule has 0 unspecified atom stereocenters. The number of H-pyrrole nitrogens is 1. The van der Waals surface area contributed by atoms with Crippen molar-refractivity contribution in [3.63, 3.8) is 0 Å². The van der Waals surface area contributed by atoms with Crippen molar-refractivity contribution in [2.24, 2.45) is 0 Å². The van der Waals surface area contributed by atoms with Crippen LogP contribution in [0.5, 0.6) is 0 Å². The fourth-order valence-corrected chi connectivity index (χ4v) is 2.61. The van der Waals surface area contributed by atoms with E-state index in [4.69, 9.17) is 9.79 Å². The molecule has 0 spiro atoms. The van der Waals surface area contributed by atoms with Gasteiger partial charge in [0.1, 0.15) is 10.4 Å². The smallest absolute Gasteiger partial charge is 0.335 e. The number of hydrogen-bond acceptors (Lipinski definition) is 2. The summed E-state index contributed by atoms with van der Waals surface area (Å²) in [7, 11) is -4.23. The zero-order valence-corrected chi connectivity index (χ0v) is 10.2. The van der Waals surface area contributed by atoms with E-state index in [1.165, 1.54) is 0 Å². The standard InChI is InChI=1S/C7H12BrN2O3P/c1-2-3-4-5-9-6(8)7(10-5)14(11,12)13/h2-4H2,1H3,(H,9,10)(H2,11,12,13). The Hall–Kier alpha value is -0.160. The number of hydrogen-bond donors (Lipinski definition) is 3. The minimum atomic E-state index is -4.23. The van der Waals surface area contributed by atoms with Crippen molar-refractivity contribution >= 4 is 29.0 Å². The maximum Gasteiger partial charge on any atom is 0.375 e. The Morgan fingerprint density at radius 2 is 2.21 bits per heavy atom. The summed E-state index contributed by atoms with van der Waals surface area (Å²) < 4.78 is 11.1. The highest BCUT2D eigenvalue weighted by Crippen LogP contribution is 2.35. The molecule has 0 bridgehead atoms. The van der Waals surface area contributed by atoms with Crippen molar-refractivity contribution in [2.75, 3.05) is 0 Å². The van der Waals surface area contributed by atoms with Gasteiger partial charge in [0.25, 0.3) is 0 Å². The summed E-state index contributed by atoms with van der Waals surface area (Å²) in [6.45, 7) is 2.04. The number of aryl methyl sites for hydroxylation is 1. The molecular weight excluding hydrogens is 271 g/mol. The van der Waals surface area contributed by atoms with Crippen molar-refractivity contribution in [2.45, 2.75) is 26.2 Å². The van der Waals surface area contributed by atoms with Crippen LogP contribution in [-0.4, -0.2) is 19.8 Å². The summed E-state index contributed by atoms with van der Waals surface area (Å²) >= 11 is 3.01. The molecule has 0 aliphatic heterocycles. The largest absolute Gasteiger partial charge is 0.375 e. The second kappa shape index (κ2) is 4.57. The Labute approximate surface area is 90.2 Å². The predicted octanol–water partition coefficient (Wildman–Crippen LogP) is 1.32. The van der Waals surface area contributed by atoms with Gasteiger partial charge in [0.15, 0.2) is 5.44 Å². The first-order valence-corrected chi connectivity index (χ1v) is 6.66. The van der Waals surface area contributed by atoms with Crippen LogP contribution in [0.2, 0.25) is 0 Å². The Kier molecular flexibility index (Phi) is 3.89. The third kappa shape index (κ3) is 2.92. The molecule has 0 amide bonds. The summed E-state index contributed by atoms with van der Waals surface area (Å²) in [5.41, 5.74) is -0.136. The van der Waals surface area contributed by atoms with Crippen molar-refractivity contribution in [1.82, 2.24) is 9.97 Å². The van der Waals surface area contributed by atoms with Crippen LogP contribution >= 0.6 is 23.5 Å². The molecule has 1 aromatic rings. The maximum atomic E-state index is 10.9. The molecule has 1 rings (SSSR count). The lowest BCUT2D eigenvalue weighted by atomic mass is 10.2. The fraction of sp³-hybridized carbons (Fsp3) is 0.571. The maximum absolute atomic E-state index is 10.9. The molecule has 1 heterocycles. The Morgan fingerprint density at radius 1 is 1.57 bits per heavy atom. The monoisotopic (exact) mass is 282 g/mol. The molecule has 1 aromatic heterocycles. The van der Waals surface area contributed by atoms with Gasteiger partial charge in [-0.15, -0.1) is 0 Å². The molecule has 0 aromatic carbocycles. The summed E-state index contributed by atoms with van der Waals surface area (Å²) in [6, 6.07) is 0. The van der Waals surface area contributed by atoms with Crippen molar-refractivity contribution in [3.05, 3.63) is 10.4 Å². The van der Waals surface area contributed by atoms with Crippen molar-refractivity contribution < 1.29 is 14.4 Å². The topological polar surface area (TPSA) is 86.2 Å². The highest BCUT2D eigenvalue weighted by atomic mass is 79.9. The van der Waals surface area contributed by atoms with Crippen LogP contribution in [0.3, 0.4) is 0 Å². The molecule has 0 atom stereocenters. The van der Waals surface area contributed by atoms with Gasteiger partial charge in [-0.2, -0.15) is 0 Å². The van der Waals surface area contributed by atoms with E-state index >= 15 is 0 Å². The summed E-state index contributed by atoms with van der Waals surface area (Å²) in [5.74, 6) is 0.608. The van der Waals surface area contributed by atoms with Crippen LogP contribution in [0.15, 0.2) is 4.60 Å². The first kappa shape index (κ1) is 11.9. The van der Waals surface area contributed by atoms with Gasteiger partial charge in [0, 0.05) is 6.42 Å². The normalized spacial score (nSPS) is 12.0. The molecule has 7 heteroatoms. The number of imidazole rings is 1. The first-order valence-electron chi connectivity index (χ1n) is 4.25. The molecule has 0 saturated heterocycles. The van der Waals surface area contributed by atoms with E-state index < -0.39 is 7.60 Å². The molecule has 0 aliphatic rings. The second-order valence-electron chi connectivity index (χ2n) is 2.97. The molecule has 3 N–H and O–H groups in total. The summed E-state index contributed by atoms with van der Waals surface area (Å²) in [6.07, 6.45) is 2.67. The third-order valence-electron chi connectivity index (χ3n) is 1.75. The minimum Gasteiger partial charge on any atom is -0.335 e. The molecule has 80 valence electrons. The SMILES string of the molecule is CCCCc1nc(Br)c(P(=O)(O)O)[nH]1. The number of aromatic amines is 1. The van der Waals surface area contributed by atoms with E-state index in [1.54, 1.807) is 0 Å². The van der Waals surface area contributed by atoms with Gasteiger partial charge in [-0.1, -0.05) is 13.3 Å². The summed E-state index contributed by atoms with van der Waals surface area (Å²) in [4.78, 5) is 24.5. The Balaban J connectivity index is 2.88. The lowest BCUT2D eigenvalue weighted by Crippen LogP contribution is -2.06. The molecule has 0 aliphatic carbocycles. The van der Waals surface area contributed by atoms with E-state index in [9.17, 15) is 4.57 Å². The number of aromatic nitrogens is 2. The zero-order valence-electron chi connectivity index (χ0n) is 7.70. The van der Waals surface area contributed by atoms with E-state index in [0.29, 0.717) is 12.2 Å². The van der Waals surface area contributed by atoms with Crippen molar-refractivity contribution in [1.29, 1.82) is 0 Å². The molecule has 0 radical (unpaired) electrons. The fourth-order valence-electron chi connectivity index (χ4n) is 1.04. The molecule has 0 saturated carbocycles. The number of rotatable bonds is 4. The van der Waals surface area contributed by atoms with E-state index in [2.05, 4.69) is 25.9 Å².